The molecule has 1 nitrogen and oxygen atoms in total. The van der Waals surface area contributed by atoms with E-state index in [-0.39, 0.29) is 5.92 Å². The molecule has 0 radical (unpaired) electrons. The van der Waals surface area contributed by atoms with Crippen molar-refractivity contribution < 1.29 is 4.79 Å². The number of rotatable bonds is 7. The van der Waals surface area contributed by atoms with Crippen molar-refractivity contribution in [3.8, 4) is 0 Å². The summed E-state index contributed by atoms with van der Waals surface area (Å²) in [5.74, 6) is 0.573. The molecule has 0 bridgehead atoms. The number of unbranched alkanes of at least 4 members (excludes halogenated alkanes) is 2. The molecule has 0 saturated heterocycles. The SMILES string of the molecule is C/C=C/C(=O)C(CC)CCCCC. The molecule has 1 atom stereocenters. The van der Waals surface area contributed by atoms with E-state index in [0.717, 1.165) is 12.8 Å². The van der Waals surface area contributed by atoms with Crippen LogP contribution in [0, 0.1) is 5.92 Å². The summed E-state index contributed by atoms with van der Waals surface area (Å²) in [6.07, 6.45) is 9.26. The lowest BCUT2D eigenvalue weighted by atomic mass is 9.94. The van der Waals surface area contributed by atoms with Crippen LogP contribution in [0.2, 0.25) is 0 Å². The molecule has 13 heavy (non-hydrogen) atoms. The zero-order valence-electron chi connectivity index (χ0n) is 9.18. The molecule has 0 aliphatic heterocycles. The second kappa shape index (κ2) is 8.03. The quantitative estimate of drug-likeness (QED) is 0.433. The largest absolute Gasteiger partial charge is 0.295 e. The minimum absolute atomic E-state index is 0.266. The van der Waals surface area contributed by atoms with Gasteiger partial charge in [-0.2, -0.15) is 0 Å². The van der Waals surface area contributed by atoms with Crippen molar-refractivity contribution in [1.29, 1.82) is 0 Å². The number of allylic oxidation sites excluding steroid dienone is 2. The Hall–Kier alpha value is -0.590. The predicted octanol–water partition coefficient (Wildman–Crippen LogP) is 3.74. The summed E-state index contributed by atoms with van der Waals surface area (Å²) in [6.45, 7) is 6.18. The molecule has 0 amide bonds. The van der Waals surface area contributed by atoms with Gasteiger partial charge in [0.25, 0.3) is 0 Å². The van der Waals surface area contributed by atoms with Gasteiger partial charge in [-0.25, -0.2) is 0 Å². The van der Waals surface area contributed by atoms with Gasteiger partial charge in [0, 0.05) is 5.92 Å². The summed E-state index contributed by atoms with van der Waals surface area (Å²) in [4.78, 5) is 11.5. The lowest BCUT2D eigenvalue weighted by molar-refractivity contribution is -0.118. The molecule has 1 heteroatoms. The van der Waals surface area contributed by atoms with E-state index in [4.69, 9.17) is 0 Å². The van der Waals surface area contributed by atoms with E-state index in [1.165, 1.54) is 19.3 Å². The Labute approximate surface area is 82.2 Å². The Morgan fingerprint density at radius 2 is 2.00 bits per heavy atom. The Morgan fingerprint density at radius 1 is 1.31 bits per heavy atom. The normalized spacial score (nSPS) is 13.5. The maximum absolute atomic E-state index is 11.5. The molecule has 0 aliphatic rings. The molecule has 0 heterocycles. The van der Waals surface area contributed by atoms with Crippen molar-refractivity contribution >= 4 is 5.78 Å². The van der Waals surface area contributed by atoms with Crippen molar-refractivity contribution in [2.75, 3.05) is 0 Å². The minimum Gasteiger partial charge on any atom is -0.295 e. The molecule has 0 fully saturated rings. The standard InChI is InChI=1S/C12H22O/c1-4-7-8-10-11(6-3)12(13)9-5-2/h5,9,11H,4,6-8,10H2,1-3H3/b9-5+. The molecule has 0 rings (SSSR count). The second-order valence-corrected chi connectivity index (χ2v) is 3.50. The van der Waals surface area contributed by atoms with E-state index in [0.29, 0.717) is 5.78 Å². The first kappa shape index (κ1) is 12.4. The molecule has 0 aromatic carbocycles. The smallest absolute Gasteiger partial charge is 0.158 e. The highest BCUT2D eigenvalue weighted by Gasteiger charge is 2.12. The van der Waals surface area contributed by atoms with E-state index >= 15 is 0 Å². The van der Waals surface area contributed by atoms with Gasteiger partial charge in [0.2, 0.25) is 0 Å². The van der Waals surface area contributed by atoms with E-state index < -0.39 is 0 Å². The molecular weight excluding hydrogens is 160 g/mol. The Morgan fingerprint density at radius 3 is 2.46 bits per heavy atom. The zero-order chi connectivity index (χ0) is 10.1. The van der Waals surface area contributed by atoms with E-state index in [1.807, 2.05) is 13.0 Å². The number of carbonyl (C=O) groups excluding carboxylic acids is 1. The average molecular weight is 182 g/mol. The van der Waals surface area contributed by atoms with Crippen LogP contribution in [0.1, 0.15) is 52.9 Å². The maximum atomic E-state index is 11.5. The molecule has 1 unspecified atom stereocenters. The van der Waals surface area contributed by atoms with E-state index in [1.54, 1.807) is 6.08 Å². The lowest BCUT2D eigenvalue weighted by Crippen LogP contribution is -2.10. The summed E-state index contributed by atoms with van der Waals surface area (Å²) in [6, 6.07) is 0. The topological polar surface area (TPSA) is 17.1 Å². The van der Waals surface area contributed by atoms with Crippen LogP contribution in [0.4, 0.5) is 0 Å². The van der Waals surface area contributed by atoms with E-state index in [9.17, 15) is 4.79 Å². The minimum atomic E-state index is 0.266. The van der Waals surface area contributed by atoms with Crippen LogP contribution in [0.15, 0.2) is 12.2 Å². The van der Waals surface area contributed by atoms with Gasteiger partial charge in [0.1, 0.15) is 0 Å². The van der Waals surface area contributed by atoms with Gasteiger partial charge in [-0.3, -0.25) is 4.79 Å². The molecule has 0 aromatic heterocycles. The fourth-order valence-electron chi connectivity index (χ4n) is 1.49. The first-order chi connectivity index (χ1) is 6.26. The number of ketones is 1. The summed E-state index contributed by atoms with van der Waals surface area (Å²) in [5.41, 5.74) is 0. The number of hydrogen-bond acceptors (Lipinski definition) is 1. The third-order valence-electron chi connectivity index (χ3n) is 2.38. The van der Waals surface area contributed by atoms with Gasteiger partial charge in [0.05, 0.1) is 0 Å². The van der Waals surface area contributed by atoms with Crippen LogP contribution in [-0.4, -0.2) is 5.78 Å². The van der Waals surface area contributed by atoms with Gasteiger partial charge in [0.15, 0.2) is 5.78 Å². The van der Waals surface area contributed by atoms with Gasteiger partial charge in [-0.15, -0.1) is 0 Å². The maximum Gasteiger partial charge on any atom is 0.158 e. The highest BCUT2D eigenvalue weighted by atomic mass is 16.1. The summed E-state index contributed by atoms with van der Waals surface area (Å²) in [7, 11) is 0. The first-order valence-electron chi connectivity index (χ1n) is 5.42. The van der Waals surface area contributed by atoms with E-state index in [2.05, 4.69) is 13.8 Å². The zero-order valence-corrected chi connectivity index (χ0v) is 9.18. The van der Waals surface area contributed by atoms with Gasteiger partial charge >= 0.3 is 0 Å². The summed E-state index contributed by atoms with van der Waals surface area (Å²) < 4.78 is 0. The average Bonchev–Trinajstić information content (AvgIpc) is 2.13. The summed E-state index contributed by atoms with van der Waals surface area (Å²) >= 11 is 0. The fourth-order valence-corrected chi connectivity index (χ4v) is 1.49. The Kier molecular flexibility index (Phi) is 7.66. The van der Waals surface area contributed by atoms with Crippen LogP contribution in [-0.2, 0) is 4.79 Å². The van der Waals surface area contributed by atoms with Crippen molar-refractivity contribution in [2.24, 2.45) is 5.92 Å². The number of carbonyl (C=O) groups is 1. The van der Waals surface area contributed by atoms with Crippen LogP contribution in [0.5, 0.6) is 0 Å². The van der Waals surface area contributed by atoms with Crippen LogP contribution in [0.25, 0.3) is 0 Å². The number of hydrogen-bond donors (Lipinski definition) is 0. The Balaban J connectivity index is 3.80. The predicted molar refractivity (Wildman–Crippen MR) is 57.7 cm³/mol. The van der Waals surface area contributed by atoms with Crippen molar-refractivity contribution in [3.05, 3.63) is 12.2 Å². The third kappa shape index (κ3) is 5.62. The Bertz CT molecular complexity index is 159. The fraction of sp³-hybridized carbons (Fsp3) is 0.750. The molecular formula is C12H22O. The molecule has 0 aliphatic carbocycles. The molecule has 76 valence electrons. The molecule has 0 N–H and O–H groups in total. The van der Waals surface area contributed by atoms with Crippen molar-refractivity contribution in [2.45, 2.75) is 52.9 Å². The van der Waals surface area contributed by atoms with Gasteiger partial charge < -0.3 is 0 Å². The van der Waals surface area contributed by atoms with Crippen LogP contribution in [0.3, 0.4) is 0 Å². The van der Waals surface area contributed by atoms with Crippen LogP contribution < -0.4 is 0 Å². The highest BCUT2D eigenvalue weighted by molar-refractivity contribution is 5.91. The molecule has 0 saturated carbocycles. The van der Waals surface area contributed by atoms with Crippen LogP contribution >= 0.6 is 0 Å². The summed E-state index contributed by atoms with van der Waals surface area (Å²) in [5, 5.41) is 0. The highest BCUT2D eigenvalue weighted by Crippen LogP contribution is 2.15. The lowest BCUT2D eigenvalue weighted by Gasteiger charge is -2.10. The molecule has 0 spiro atoms. The van der Waals surface area contributed by atoms with Gasteiger partial charge in [-0.1, -0.05) is 39.2 Å². The molecule has 0 aromatic rings. The van der Waals surface area contributed by atoms with Crippen molar-refractivity contribution in [3.63, 3.8) is 0 Å². The van der Waals surface area contributed by atoms with Gasteiger partial charge in [-0.05, 0) is 25.8 Å². The monoisotopic (exact) mass is 182 g/mol. The second-order valence-electron chi connectivity index (χ2n) is 3.50. The van der Waals surface area contributed by atoms with Crippen molar-refractivity contribution in [1.82, 2.24) is 0 Å². The third-order valence-corrected chi connectivity index (χ3v) is 2.38. The first-order valence-corrected chi connectivity index (χ1v) is 5.42.